The van der Waals surface area contributed by atoms with Gasteiger partial charge in [0, 0.05) is 30.8 Å². The second kappa shape index (κ2) is 8.07. The topological polar surface area (TPSA) is 99.9 Å². The van der Waals surface area contributed by atoms with Gasteiger partial charge in [0.05, 0.1) is 17.7 Å². The molecule has 7 nitrogen and oxygen atoms in total. The first-order valence-electron chi connectivity index (χ1n) is 8.99. The van der Waals surface area contributed by atoms with Crippen molar-refractivity contribution in [3.05, 3.63) is 53.5 Å². The number of hydrogen-bond acceptors (Lipinski definition) is 4. The van der Waals surface area contributed by atoms with E-state index in [-0.39, 0.29) is 17.7 Å². The molecule has 1 saturated heterocycles. The van der Waals surface area contributed by atoms with Gasteiger partial charge in [0.15, 0.2) is 0 Å². The summed E-state index contributed by atoms with van der Waals surface area (Å²) in [6, 6.07) is 8.32. The number of piperidine rings is 1. The molecule has 2 amide bonds. The molecule has 0 radical (unpaired) electrons. The number of carbonyl (C=O) groups excluding carboxylic acids is 2. The van der Waals surface area contributed by atoms with Crippen molar-refractivity contribution in [1.29, 1.82) is 0 Å². The minimum Gasteiger partial charge on any atom is -0.481 e. The average Bonchev–Trinajstić information content (AvgIpc) is 3.17. The highest BCUT2D eigenvalue weighted by molar-refractivity contribution is 6.05. The molecular formula is C20H22N2O5. The summed E-state index contributed by atoms with van der Waals surface area (Å²) >= 11 is 0. The number of furan rings is 1. The van der Waals surface area contributed by atoms with E-state index >= 15 is 0 Å². The first-order valence-corrected chi connectivity index (χ1v) is 8.99. The fraction of sp³-hybridized carbons (Fsp3) is 0.350. The molecule has 0 spiro atoms. The lowest BCUT2D eigenvalue weighted by Gasteiger charge is -2.30. The largest absolute Gasteiger partial charge is 0.481 e. The highest BCUT2D eigenvalue weighted by Gasteiger charge is 2.27. The van der Waals surface area contributed by atoms with Gasteiger partial charge in [-0.1, -0.05) is 6.92 Å². The molecule has 27 heavy (non-hydrogen) atoms. The van der Waals surface area contributed by atoms with Crippen LogP contribution < -0.4 is 5.32 Å². The summed E-state index contributed by atoms with van der Waals surface area (Å²) in [7, 11) is 0. The number of aryl methyl sites for hydroxylation is 1. The smallest absolute Gasteiger partial charge is 0.306 e. The number of nitrogens with zero attached hydrogens (tertiary/aromatic N) is 1. The summed E-state index contributed by atoms with van der Waals surface area (Å²) in [6.45, 7) is 2.79. The van der Waals surface area contributed by atoms with Crippen molar-refractivity contribution in [3.8, 4) is 0 Å². The maximum atomic E-state index is 12.6. The molecule has 1 aromatic heterocycles. The Bertz CT molecular complexity index is 832. The molecule has 1 aliphatic heterocycles. The predicted molar refractivity (Wildman–Crippen MR) is 98.7 cm³/mol. The average molecular weight is 370 g/mol. The molecule has 1 aromatic carbocycles. The van der Waals surface area contributed by atoms with Crippen molar-refractivity contribution in [1.82, 2.24) is 4.90 Å². The molecule has 142 valence electrons. The zero-order valence-electron chi connectivity index (χ0n) is 15.1. The number of hydrogen-bond donors (Lipinski definition) is 2. The summed E-state index contributed by atoms with van der Waals surface area (Å²) in [5.74, 6) is -0.923. The Balaban J connectivity index is 1.61. The standard InChI is InChI=1S/C20H22N2O5/c1-2-17-16(9-12-27-17)18(23)21-15-5-3-13(4-6-15)19(24)22-10-7-14(8-11-22)20(25)26/h3-6,9,12,14H,2,7-8,10-11H2,1H3,(H,21,23)(H,25,26). The zero-order valence-corrected chi connectivity index (χ0v) is 15.1. The summed E-state index contributed by atoms with van der Waals surface area (Å²) < 4.78 is 5.26. The van der Waals surface area contributed by atoms with E-state index in [1.165, 1.54) is 6.26 Å². The molecular weight excluding hydrogens is 348 g/mol. The van der Waals surface area contributed by atoms with Crippen LogP contribution in [0.2, 0.25) is 0 Å². The van der Waals surface area contributed by atoms with Crippen molar-refractivity contribution in [2.45, 2.75) is 26.2 Å². The maximum absolute atomic E-state index is 12.6. The molecule has 7 heteroatoms. The van der Waals surface area contributed by atoms with Gasteiger partial charge in [-0.2, -0.15) is 0 Å². The first-order chi connectivity index (χ1) is 13.0. The van der Waals surface area contributed by atoms with E-state index in [0.717, 1.165) is 0 Å². The SMILES string of the molecule is CCc1occc1C(=O)Nc1ccc(C(=O)N2CCC(C(=O)O)CC2)cc1. The van der Waals surface area contributed by atoms with Gasteiger partial charge in [0.25, 0.3) is 11.8 Å². The predicted octanol–water partition coefficient (Wildman–Crippen LogP) is 3.03. The molecule has 0 aliphatic carbocycles. The van der Waals surface area contributed by atoms with Gasteiger partial charge in [-0.15, -0.1) is 0 Å². The van der Waals surface area contributed by atoms with Crippen LogP contribution in [0.3, 0.4) is 0 Å². The number of carboxylic acids is 1. The Labute approximate surface area is 157 Å². The van der Waals surface area contributed by atoms with E-state index in [4.69, 9.17) is 9.52 Å². The fourth-order valence-corrected chi connectivity index (χ4v) is 3.22. The van der Waals surface area contributed by atoms with Crippen LogP contribution >= 0.6 is 0 Å². The molecule has 0 unspecified atom stereocenters. The van der Waals surface area contributed by atoms with Gasteiger partial charge in [-0.3, -0.25) is 14.4 Å². The van der Waals surface area contributed by atoms with E-state index in [9.17, 15) is 14.4 Å². The van der Waals surface area contributed by atoms with E-state index in [1.807, 2.05) is 6.92 Å². The Kier molecular flexibility index (Phi) is 5.59. The van der Waals surface area contributed by atoms with Gasteiger partial charge < -0.3 is 19.7 Å². The first kappa shape index (κ1) is 18.7. The van der Waals surface area contributed by atoms with Gasteiger partial charge in [0.2, 0.25) is 0 Å². The number of likely N-dealkylation sites (tertiary alicyclic amines) is 1. The number of aliphatic carboxylic acids is 1. The summed E-state index contributed by atoms with van der Waals surface area (Å²) in [5, 5.41) is 11.8. The fourth-order valence-electron chi connectivity index (χ4n) is 3.22. The molecule has 1 aliphatic rings. The van der Waals surface area contributed by atoms with Gasteiger partial charge in [0.1, 0.15) is 5.76 Å². The Morgan fingerprint density at radius 2 is 1.81 bits per heavy atom. The quantitative estimate of drug-likeness (QED) is 0.843. The van der Waals surface area contributed by atoms with E-state index < -0.39 is 5.97 Å². The van der Waals surface area contributed by atoms with Crippen LogP contribution in [0.5, 0.6) is 0 Å². The molecule has 2 N–H and O–H groups in total. The van der Waals surface area contributed by atoms with Crippen molar-refractivity contribution in [3.63, 3.8) is 0 Å². The summed E-state index contributed by atoms with van der Waals surface area (Å²) in [5.41, 5.74) is 1.60. The number of amides is 2. The molecule has 0 atom stereocenters. The monoisotopic (exact) mass is 370 g/mol. The number of nitrogens with one attached hydrogen (secondary N) is 1. The third-order valence-electron chi connectivity index (χ3n) is 4.83. The van der Waals surface area contributed by atoms with Crippen LogP contribution in [0, 0.1) is 5.92 Å². The summed E-state index contributed by atoms with van der Waals surface area (Å²) in [6.07, 6.45) is 3.06. The minimum absolute atomic E-state index is 0.125. The lowest BCUT2D eigenvalue weighted by Crippen LogP contribution is -2.40. The second-order valence-corrected chi connectivity index (χ2v) is 6.55. The van der Waals surface area contributed by atoms with Crippen LogP contribution in [-0.4, -0.2) is 40.9 Å². The number of anilines is 1. The number of rotatable bonds is 5. The Hall–Kier alpha value is -3.09. The summed E-state index contributed by atoms with van der Waals surface area (Å²) in [4.78, 5) is 37.6. The minimum atomic E-state index is -0.800. The van der Waals surface area contributed by atoms with Crippen molar-refractivity contribution < 1.29 is 23.9 Å². The van der Waals surface area contributed by atoms with Gasteiger partial charge in [-0.25, -0.2) is 0 Å². The normalized spacial score (nSPS) is 14.8. The second-order valence-electron chi connectivity index (χ2n) is 6.55. The molecule has 0 bridgehead atoms. The van der Waals surface area contributed by atoms with Crippen LogP contribution in [0.25, 0.3) is 0 Å². The van der Waals surface area contributed by atoms with E-state index in [2.05, 4.69) is 5.32 Å². The molecule has 2 aromatic rings. The van der Waals surface area contributed by atoms with Crippen LogP contribution in [-0.2, 0) is 11.2 Å². The van der Waals surface area contributed by atoms with E-state index in [1.54, 1.807) is 35.2 Å². The Morgan fingerprint density at radius 1 is 1.15 bits per heavy atom. The zero-order chi connectivity index (χ0) is 19.4. The highest BCUT2D eigenvalue weighted by Crippen LogP contribution is 2.20. The van der Waals surface area contributed by atoms with Crippen molar-refractivity contribution >= 4 is 23.5 Å². The van der Waals surface area contributed by atoms with Gasteiger partial charge in [-0.05, 0) is 43.2 Å². The third kappa shape index (κ3) is 4.19. The maximum Gasteiger partial charge on any atom is 0.306 e. The van der Waals surface area contributed by atoms with Crippen LogP contribution in [0.15, 0.2) is 41.0 Å². The Morgan fingerprint density at radius 3 is 2.41 bits per heavy atom. The van der Waals surface area contributed by atoms with Crippen molar-refractivity contribution in [2.24, 2.45) is 5.92 Å². The number of carbonyl (C=O) groups is 3. The van der Waals surface area contributed by atoms with E-state index in [0.29, 0.717) is 54.9 Å². The van der Waals surface area contributed by atoms with Gasteiger partial charge >= 0.3 is 5.97 Å². The van der Waals surface area contributed by atoms with Crippen molar-refractivity contribution in [2.75, 3.05) is 18.4 Å². The lowest BCUT2D eigenvalue weighted by molar-refractivity contribution is -0.143. The highest BCUT2D eigenvalue weighted by atomic mass is 16.4. The molecule has 0 saturated carbocycles. The number of carboxylic acid groups (broad SMARTS) is 1. The molecule has 1 fully saturated rings. The third-order valence-corrected chi connectivity index (χ3v) is 4.83. The van der Waals surface area contributed by atoms with Crippen LogP contribution in [0.4, 0.5) is 5.69 Å². The molecule has 3 rings (SSSR count). The van der Waals surface area contributed by atoms with Crippen LogP contribution in [0.1, 0.15) is 46.2 Å². The molecule has 2 heterocycles. The number of benzene rings is 1. The lowest BCUT2D eigenvalue weighted by atomic mass is 9.96.